The number of hydrogen-bond acceptors (Lipinski definition) is 7. The van der Waals surface area contributed by atoms with Gasteiger partial charge < -0.3 is 18.8 Å². The van der Waals surface area contributed by atoms with Crippen LogP contribution < -0.4 is 0 Å². The third-order valence-electron chi connectivity index (χ3n) is 3.77. The first-order valence-corrected chi connectivity index (χ1v) is 8.66. The van der Waals surface area contributed by atoms with Gasteiger partial charge in [-0.3, -0.25) is 4.18 Å². The Morgan fingerprint density at radius 1 is 1.30 bits per heavy atom. The minimum atomic E-state index is -4.75. The van der Waals surface area contributed by atoms with Crippen LogP contribution in [-0.4, -0.2) is 45.2 Å². The summed E-state index contributed by atoms with van der Waals surface area (Å²) < 4.78 is 52.8. The summed E-state index contributed by atoms with van der Waals surface area (Å²) in [7, 11) is -3.24. The van der Waals surface area contributed by atoms with E-state index in [4.69, 9.17) is 14.2 Å². The number of hydrogen-bond donors (Lipinski definition) is 0. The Morgan fingerprint density at radius 2 is 2.00 bits per heavy atom. The highest BCUT2D eigenvalue weighted by Crippen LogP contribution is 2.29. The van der Waals surface area contributed by atoms with Gasteiger partial charge in [0, 0.05) is 19.4 Å². The van der Waals surface area contributed by atoms with Gasteiger partial charge in [0.05, 0.1) is 25.4 Å². The van der Waals surface area contributed by atoms with Gasteiger partial charge in [0.2, 0.25) is 10.4 Å². The molecule has 0 saturated carbocycles. The largest absolute Gasteiger partial charge is 0.726 e. The first kappa shape index (κ1) is 18.3. The van der Waals surface area contributed by atoms with Crippen LogP contribution in [0.15, 0.2) is 30.3 Å². The zero-order chi connectivity index (χ0) is 16.9. The first-order chi connectivity index (χ1) is 10.9. The molecule has 0 N–H and O–H groups in total. The number of rotatable bonds is 7. The van der Waals surface area contributed by atoms with Crippen LogP contribution in [0.4, 0.5) is 0 Å². The summed E-state index contributed by atoms with van der Waals surface area (Å²) in [5.74, 6) is -0.0381. The van der Waals surface area contributed by atoms with E-state index in [0.717, 1.165) is 5.56 Å². The molecule has 0 radical (unpaired) electrons. The lowest BCUT2D eigenvalue weighted by Crippen LogP contribution is -2.46. The van der Waals surface area contributed by atoms with E-state index in [2.05, 4.69) is 4.18 Å². The fourth-order valence-corrected chi connectivity index (χ4v) is 2.87. The van der Waals surface area contributed by atoms with Gasteiger partial charge in [-0.1, -0.05) is 37.3 Å². The smallest absolute Gasteiger partial charge is 0.217 e. The molecular formula is C15H21O7S-. The molecule has 1 aromatic carbocycles. The Hall–Kier alpha value is -1.03. The number of benzene rings is 1. The fraction of sp³-hybridized carbons (Fsp3) is 0.600. The molecule has 1 aliphatic rings. The van der Waals surface area contributed by atoms with Crippen molar-refractivity contribution in [2.75, 3.05) is 13.7 Å². The molecule has 4 atom stereocenters. The van der Waals surface area contributed by atoms with Gasteiger partial charge >= 0.3 is 0 Å². The van der Waals surface area contributed by atoms with E-state index in [0.29, 0.717) is 13.0 Å². The Labute approximate surface area is 136 Å². The Kier molecular flexibility index (Phi) is 6.51. The first-order valence-electron chi connectivity index (χ1n) is 7.33. The van der Waals surface area contributed by atoms with Gasteiger partial charge in [0.25, 0.3) is 0 Å². The molecule has 0 aromatic heterocycles. The molecule has 1 aliphatic heterocycles. The molecule has 1 aromatic rings. The molecule has 0 spiro atoms. The Morgan fingerprint density at radius 3 is 2.61 bits per heavy atom. The molecule has 1 saturated heterocycles. The molecule has 130 valence electrons. The Bertz CT molecular complexity index is 575. The fourth-order valence-electron chi connectivity index (χ4n) is 2.55. The monoisotopic (exact) mass is 345 g/mol. The molecular weight excluding hydrogens is 324 g/mol. The zero-order valence-corrected chi connectivity index (χ0v) is 13.9. The normalized spacial score (nSPS) is 28.7. The maximum Gasteiger partial charge on any atom is 0.217 e. The van der Waals surface area contributed by atoms with Crippen molar-refractivity contribution in [3.05, 3.63) is 35.9 Å². The molecule has 2 rings (SSSR count). The molecule has 7 nitrogen and oxygen atoms in total. The van der Waals surface area contributed by atoms with Crippen molar-refractivity contribution in [2.45, 2.75) is 38.4 Å². The van der Waals surface area contributed by atoms with Crippen LogP contribution in [0.1, 0.15) is 18.9 Å². The second kappa shape index (κ2) is 8.18. The SMILES string of the molecule is CO[C@@H]1OC(COS(=O)(=O)[O-])C[C@H](OCc2ccccc2)C1C. The van der Waals surface area contributed by atoms with Crippen LogP contribution >= 0.6 is 0 Å². The zero-order valence-electron chi connectivity index (χ0n) is 13.1. The maximum absolute atomic E-state index is 10.6. The lowest BCUT2D eigenvalue weighted by atomic mass is 9.95. The lowest BCUT2D eigenvalue weighted by molar-refractivity contribution is -0.246. The predicted octanol–water partition coefficient (Wildman–Crippen LogP) is 1.45. The van der Waals surface area contributed by atoms with E-state index in [9.17, 15) is 13.0 Å². The Balaban J connectivity index is 1.95. The van der Waals surface area contributed by atoms with E-state index < -0.39 is 22.8 Å². The second-order valence-electron chi connectivity index (χ2n) is 5.48. The molecule has 1 fully saturated rings. The van der Waals surface area contributed by atoms with Gasteiger partial charge in [-0.15, -0.1) is 0 Å². The average Bonchev–Trinajstić information content (AvgIpc) is 2.53. The predicted molar refractivity (Wildman–Crippen MR) is 80.1 cm³/mol. The third-order valence-corrected chi connectivity index (χ3v) is 4.20. The van der Waals surface area contributed by atoms with Crippen molar-refractivity contribution in [3.63, 3.8) is 0 Å². The topological polar surface area (TPSA) is 94.1 Å². The van der Waals surface area contributed by atoms with Gasteiger partial charge in [-0.25, -0.2) is 8.42 Å². The summed E-state index contributed by atoms with van der Waals surface area (Å²) in [6.07, 6.45) is -0.909. The maximum atomic E-state index is 10.6. The van der Waals surface area contributed by atoms with Crippen LogP contribution in [0.25, 0.3) is 0 Å². The number of ether oxygens (including phenoxy) is 3. The van der Waals surface area contributed by atoms with Crippen molar-refractivity contribution >= 4 is 10.4 Å². The summed E-state index contributed by atoms with van der Waals surface area (Å²) in [6.45, 7) is 2.02. The standard InChI is InChI=1S/C15H22O7S/c1-11-14(20-9-12-6-4-3-5-7-12)8-13(22-15(11)19-2)10-21-23(16,17)18/h3-7,11,13-15H,8-10H2,1-2H3,(H,16,17,18)/p-1/t11?,13?,14-,15+/m0/s1. The highest BCUT2D eigenvalue weighted by atomic mass is 32.3. The summed E-state index contributed by atoms with van der Waals surface area (Å²) in [5.41, 5.74) is 1.04. The highest BCUT2D eigenvalue weighted by Gasteiger charge is 2.37. The van der Waals surface area contributed by atoms with Crippen LogP contribution in [0.2, 0.25) is 0 Å². The molecule has 23 heavy (non-hydrogen) atoms. The molecule has 0 bridgehead atoms. The van der Waals surface area contributed by atoms with Gasteiger partial charge in [-0.05, 0) is 5.56 Å². The minimum Gasteiger partial charge on any atom is -0.726 e. The molecule has 0 aliphatic carbocycles. The van der Waals surface area contributed by atoms with Gasteiger partial charge in [-0.2, -0.15) is 0 Å². The molecule has 1 heterocycles. The number of methoxy groups -OCH3 is 1. The van der Waals surface area contributed by atoms with Crippen LogP contribution in [0.3, 0.4) is 0 Å². The van der Waals surface area contributed by atoms with Crippen LogP contribution in [0.5, 0.6) is 0 Å². The van der Waals surface area contributed by atoms with Crippen molar-refractivity contribution < 1.29 is 31.4 Å². The van der Waals surface area contributed by atoms with Crippen molar-refractivity contribution in [2.24, 2.45) is 5.92 Å². The second-order valence-corrected chi connectivity index (χ2v) is 6.54. The van der Waals surface area contributed by atoms with Crippen LogP contribution in [-0.2, 0) is 35.4 Å². The quantitative estimate of drug-likeness (QED) is 0.545. The van der Waals surface area contributed by atoms with Crippen molar-refractivity contribution in [1.29, 1.82) is 0 Å². The average molecular weight is 345 g/mol. The minimum absolute atomic E-state index is 0.0381. The van der Waals surface area contributed by atoms with E-state index >= 15 is 0 Å². The van der Waals surface area contributed by atoms with Crippen molar-refractivity contribution in [3.8, 4) is 0 Å². The molecule has 2 unspecified atom stereocenters. The third kappa shape index (κ3) is 5.83. The molecule has 8 heteroatoms. The van der Waals surface area contributed by atoms with E-state index in [1.165, 1.54) is 7.11 Å². The molecule has 0 amide bonds. The highest BCUT2D eigenvalue weighted by molar-refractivity contribution is 7.80. The van der Waals surface area contributed by atoms with Gasteiger partial charge in [0.1, 0.15) is 0 Å². The van der Waals surface area contributed by atoms with E-state index in [-0.39, 0.29) is 18.6 Å². The summed E-state index contributed by atoms with van der Waals surface area (Å²) in [6, 6.07) is 9.71. The van der Waals surface area contributed by atoms with Crippen molar-refractivity contribution in [1.82, 2.24) is 0 Å². The van der Waals surface area contributed by atoms with Crippen LogP contribution in [0, 0.1) is 5.92 Å². The van der Waals surface area contributed by atoms with E-state index in [1.807, 2.05) is 37.3 Å². The summed E-state index contributed by atoms with van der Waals surface area (Å²) in [4.78, 5) is 0. The van der Waals surface area contributed by atoms with E-state index in [1.54, 1.807) is 0 Å². The van der Waals surface area contributed by atoms with Gasteiger partial charge in [0.15, 0.2) is 6.29 Å². The lowest BCUT2D eigenvalue weighted by Gasteiger charge is -2.39. The summed E-state index contributed by atoms with van der Waals surface area (Å²) in [5, 5.41) is 0. The summed E-state index contributed by atoms with van der Waals surface area (Å²) >= 11 is 0.